The van der Waals surface area contributed by atoms with Crippen LogP contribution in [0.25, 0.3) is 0 Å². The Labute approximate surface area is 126 Å². The van der Waals surface area contributed by atoms with Gasteiger partial charge < -0.3 is 5.32 Å². The van der Waals surface area contributed by atoms with Gasteiger partial charge in [-0.1, -0.05) is 31.3 Å². The minimum atomic E-state index is -3.38. The molecule has 0 aliphatic heterocycles. The number of thiophene rings is 1. The van der Waals surface area contributed by atoms with Gasteiger partial charge in [0.15, 0.2) is 0 Å². The van der Waals surface area contributed by atoms with E-state index in [-0.39, 0.29) is 0 Å². The first-order chi connectivity index (χ1) is 9.49. The monoisotopic (exact) mass is 332 g/mol. The Morgan fingerprint density at radius 2 is 2.10 bits per heavy atom. The van der Waals surface area contributed by atoms with Crippen LogP contribution in [0, 0.1) is 0 Å². The van der Waals surface area contributed by atoms with Gasteiger partial charge in [-0.25, -0.2) is 13.1 Å². The van der Waals surface area contributed by atoms with Gasteiger partial charge in [-0.05, 0) is 11.4 Å². The van der Waals surface area contributed by atoms with Gasteiger partial charge in [0.1, 0.15) is 9.22 Å². The molecule has 0 amide bonds. The number of nitrogens with zero attached hydrogens (tertiary/aromatic N) is 2. The number of hydrogen-bond acceptors (Lipinski definition) is 7. The smallest absolute Gasteiger partial charge is 0.250 e. The molecule has 0 saturated heterocycles. The molecule has 0 radical (unpaired) electrons. The van der Waals surface area contributed by atoms with E-state index in [0.29, 0.717) is 28.3 Å². The molecule has 0 aromatic carbocycles. The van der Waals surface area contributed by atoms with Crippen LogP contribution in [0.2, 0.25) is 0 Å². The van der Waals surface area contributed by atoms with Crippen molar-refractivity contribution >= 4 is 37.8 Å². The first kappa shape index (κ1) is 15.4. The highest BCUT2D eigenvalue weighted by Gasteiger charge is 2.14. The number of sulfonamides is 1. The predicted octanol–water partition coefficient (Wildman–Crippen LogP) is 2.11. The zero-order valence-corrected chi connectivity index (χ0v) is 13.6. The lowest BCUT2D eigenvalue weighted by Gasteiger charge is -2.05. The molecule has 0 bridgehead atoms. The van der Waals surface area contributed by atoms with Crippen molar-refractivity contribution in [3.05, 3.63) is 22.5 Å². The van der Waals surface area contributed by atoms with Gasteiger partial charge in [0.05, 0.1) is 0 Å². The summed E-state index contributed by atoms with van der Waals surface area (Å²) in [6.07, 6.45) is 0. The average molecular weight is 332 g/mol. The van der Waals surface area contributed by atoms with Crippen molar-refractivity contribution in [1.82, 2.24) is 14.9 Å². The first-order valence-electron chi connectivity index (χ1n) is 6.09. The second kappa shape index (κ2) is 6.61. The lowest BCUT2D eigenvalue weighted by Crippen LogP contribution is -2.28. The topological polar surface area (TPSA) is 84.0 Å². The molecule has 2 heterocycles. The normalized spacial score (nSPS) is 11.9. The van der Waals surface area contributed by atoms with Crippen LogP contribution >= 0.6 is 22.7 Å². The summed E-state index contributed by atoms with van der Waals surface area (Å²) in [5.74, 6) is 0.348. The first-order valence-corrected chi connectivity index (χ1v) is 9.27. The molecule has 0 aliphatic rings. The predicted molar refractivity (Wildman–Crippen MR) is 82.0 cm³/mol. The molecule has 0 saturated carbocycles. The molecule has 0 aliphatic carbocycles. The molecule has 0 spiro atoms. The van der Waals surface area contributed by atoms with E-state index in [2.05, 4.69) is 34.1 Å². The maximum atomic E-state index is 11.8. The largest absolute Gasteiger partial charge is 0.359 e. The van der Waals surface area contributed by atoms with Crippen LogP contribution in [0.3, 0.4) is 0 Å². The third-order valence-electron chi connectivity index (χ3n) is 2.39. The maximum absolute atomic E-state index is 11.8. The summed E-state index contributed by atoms with van der Waals surface area (Å²) in [4.78, 5) is 0. The summed E-state index contributed by atoms with van der Waals surface area (Å²) < 4.78 is 26.6. The van der Waals surface area contributed by atoms with Crippen LogP contribution in [0.4, 0.5) is 5.13 Å². The summed E-state index contributed by atoms with van der Waals surface area (Å²) in [6, 6.07) is 3.30. The highest BCUT2D eigenvalue weighted by molar-refractivity contribution is 7.91. The van der Waals surface area contributed by atoms with Gasteiger partial charge in [0.25, 0.3) is 0 Å². The summed E-state index contributed by atoms with van der Waals surface area (Å²) >= 11 is 2.69. The fourth-order valence-electron chi connectivity index (χ4n) is 1.38. The average Bonchev–Trinajstić information content (AvgIpc) is 3.05. The van der Waals surface area contributed by atoms with E-state index < -0.39 is 10.0 Å². The Balaban J connectivity index is 1.79. The van der Waals surface area contributed by atoms with E-state index >= 15 is 0 Å². The molecule has 2 aromatic heterocycles. The van der Waals surface area contributed by atoms with E-state index in [1.165, 1.54) is 22.7 Å². The quantitative estimate of drug-likeness (QED) is 0.759. The third kappa shape index (κ3) is 3.98. The second-order valence-corrected chi connectivity index (χ2v) is 8.31. The molecular formula is C11H16N4O2S3. The molecule has 20 heavy (non-hydrogen) atoms. The fourth-order valence-corrected chi connectivity index (χ4v) is 4.22. The molecule has 0 atom stereocenters. The van der Waals surface area contributed by atoms with Crippen molar-refractivity contribution in [2.75, 3.05) is 18.4 Å². The van der Waals surface area contributed by atoms with Gasteiger partial charge in [-0.2, -0.15) is 0 Å². The van der Waals surface area contributed by atoms with E-state index in [1.54, 1.807) is 17.5 Å². The van der Waals surface area contributed by atoms with E-state index in [0.717, 1.165) is 5.01 Å². The Hall–Kier alpha value is -1.03. The molecular weight excluding hydrogens is 316 g/mol. The lowest BCUT2D eigenvalue weighted by molar-refractivity contribution is 0.585. The number of rotatable bonds is 7. The second-order valence-electron chi connectivity index (χ2n) is 4.36. The SMILES string of the molecule is CC(C)c1nnc(NCCNS(=O)(=O)c2cccs2)s1. The van der Waals surface area contributed by atoms with E-state index in [1.807, 2.05) is 0 Å². The lowest BCUT2D eigenvalue weighted by atomic mass is 10.2. The number of nitrogens with one attached hydrogen (secondary N) is 2. The molecule has 2 rings (SSSR count). The van der Waals surface area contributed by atoms with E-state index in [9.17, 15) is 8.42 Å². The molecule has 9 heteroatoms. The molecule has 110 valence electrons. The van der Waals surface area contributed by atoms with Crippen molar-refractivity contribution in [3.63, 3.8) is 0 Å². The standard InChI is InChI=1S/C11H16N4O2S3/c1-8(2)10-14-15-11(19-10)12-5-6-13-20(16,17)9-4-3-7-18-9/h3-4,7-8,13H,5-6H2,1-2H3,(H,12,15). The van der Waals surface area contributed by atoms with Crippen LogP contribution in [0.5, 0.6) is 0 Å². The number of aromatic nitrogens is 2. The number of anilines is 1. The summed E-state index contributed by atoms with van der Waals surface area (Å²) in [6.45, 7) is 4.88. The molecule has 2 N–H and O–H groups in total. The highest BCUT2D eigenvalue weighted by Crippen LogP contribution is 2.22. The molecule has 0 fully saturated rings. The van der Waals surface area contributed by atoms with Crippen molar-refractivity contribution in [2.45, 2.75) is 24.0 Å². The zero-order valence-electron chi connectivity index (χ0n) is 11.2. The molecule has 2 aromatic rings. The maximum Gasteiger partial charge on any atom is 0.250 e. The minimum Gasteiger partial charge on any atom is -0.359 e. The fraction of sp³-hybridized carbons (Fsp3) is 0.455. The van der Waals surface area contributed by atoms with Gasteiger partial charge in [0.2, 0.25) is 15.2 Å². The van der Waals surface area contributed by atoms with Crippen molar-refractivity contribution in [1.29, 1.82) is 0 Å². The van der Waals surface area contributed by atoms with Gasteiger partial charge >= 0.3 is 0 Å². The zero-order chi connectivity index (χ0) is 14.6. The summed E-state index contributed by atoms with van der Waals surface area (Å²) in [5, 5.41) is 14.5. The Bertz CT molecular complexity index is 634. The molecule has 0 unspecified atom stereocenters. The summed E-state index contributed by atoms with van der Waals surface area (Å²) in [5.41, 5.74) is 0. The van der Waals surface area contributed by atoms with Crippen LogP contribution < -0.4 is 10.0 Å². The van der Waals surface area contributed by atoms with Crippen LogP contribution in [0.15, 0.2) is 21.7 Å². The minimum absolute atomic E-state index is 0.302. The Morgan fingerprint density at radius 3 is 2.70 bits per heavy atom. The van der Waals surface area contributed by atoms with Crippen LogP contribution in [-0.2, 0) is 10.0 Å². The Kier molecular flexibility index (Phi) is 5.08. The van der Waals surface area contributed by atoms with Crippen molar-refractivity contribution in [3.8, 4) is 0 Å². The van der Waals surface area contributed by atoms with Crippen LogP contribution in [-0.4, -0.2) is 31.7 Å². The van der Waals surface area contributed by atoms with Gasteiger partial charge in [-0.3, -0.25) is 0 Å². The molecule has 6 nitrogen and oxygen atoms in total. The van der Waals surface area contributed by atoms with Crippen LogP contribution in [0.1, 0.15) is 24.8 Å². The number of hydrogen-bond donors (Lipinski definition) is 2. The third-order valence-corrected chi connectivity index (χ3v) is 6.43. The van der Waals surface area contributed by atoms with E-state index in [4.69, 9.17) is 0 Å². The van der Waals surface area contributed by atoms with Gasteiger partial charge in [-0.15, -0.1) is 21.5 Å². The van der Waals surface area contributed by atoms with Crippen molar-refractivity contribution in [2.24, 2.45) is 0 Å². The van der Waals surface area contributed by atoms with Crippen molar-refractivity contribution < 1.29 is 8.42 Å². The highest BCUT2D eigenvalue weighted by atomic mass is 32.2. The summed E-state index contributed by atoms with van der Waals surface area (Å²) in [7, 11) is -3.38. The Morgan fingerprint density at radius 1 is 1.30 bits per heavy atom. The van der Waals surface area contributed by atoms with Gasteiger partial charge in [0, 0.05) is 19.0 Å².